The highest BCUT2D eigenvalue weighted by Crippen LogP contribution is 2.62. The maximum atomic E-state index is 11.7. The SMILES string of the molecule is C=CC(=O)OOc1cc2c(cc1SC)N(c1ccc(OC)cc1)CC(CCCC)(CCCC)CS2(O)O. The fourth-order valence-corrected chi connectivity index (χ4v) is 7.56. The smallest absolute Gasteiger partial charge is 0.378 e. The highest BCUT2D eigenvalue weighted by molar-refractivity contribution is 8.24. The lowest BCUT2D eigenvalue weighted by molar-refractivity contribution is -0.208. The van der Waals surface area contributed by atoms with Crippen molar-refractivity contribution in [3.63, 3.8) is 0 Å². The number of fused-ring (bicyclic) bond motifs is 1. The van der Waals surface area contributed by atoms with Crippen LogP contribution in [-0.2, 0) is 9.68 Å². The molecular formula is C28H39NO6S2. The van der Waals surface area contributed by atoms with E-state index in [0.717, 1.165) is 56.0 Å². The fraction of sp³-hybridized carbons (Fsp3) is 0.464. The van der Waals surface area contributed by atoms with Gasteiger partial charge in [0.1, 0.15) is 5.75 Å². The van der Waals surface area contributed by atoms with Gasteiger partial charge in [-0.15, -0.1) is 11.8 Å². The van der Waals surface area contributed by atoms with Gasteiger partial charge in [0.15, 0.2) is 5.75 Å². The maximum absolute atomic E-state index is 11.7. The van der Waals surface area contributed by atoms with Crippen molar-refractivity contribution in [3.8, 4) is 11.5 Å². The lowest BCUT2D eigenvalue weighted by atomic mass is 9.79. The predicted octanol–water partition coefficient (Wildman–Crippen LogP) is 8.07. The molecule has 0 amide bonds. The van der Waals surface area contributed by atoms with E-state index < -0.39 is 16.6 Å². The molecule has 0 saturated carbocycles. The molecule has 2 N–H and O–H groups in total. The molecule has 0 unspecified atom stereocenters. The molecule has 1 aliphatic heterocycles. The number of rotatable bonds is 12. The number of thioether (sulfide) groups is 1. The number of ether oxygens (including phenoxy) is 1. The normalized spacial score (nSPS) is 16.8. The van der Waals surface area contributed by atoms with Crippen molar-refractivity contribution in [2.45, 2.75) is 62.2 Å². The quantitative estimate of drug-likeness (QED) is 0.119. The van der Waals surface area contributed by atoms with Gasteiger partial charge < -0.3 is 9.64 Å². The molecule has 0 atom stereocenters. The van der Waals surface area contributed by atoms with Crippen LogP contribution in [0.25, 0.3) is 0 Å². The van der Waals surface area contributed by atoms with E-state index in [2.05, 4.69) is 25.3 Å². The summed E-state index contributed by atoms with van der Waals surface area (Å²) in [6, 6.07) is 11.3. The Balaban J connectivity index is 2.21. The number of unbranched alkanes of at least 4 members (excludes halogenated alkanes) is 2. The molecule has 2 aromatic carbocycles. The summed E-state index contributed by atoms with van der Waals surface area (Å²) in [6.45, 7) is 8.37. The fourth-order valence-electron chi connectivity index (χ4n) is 4.84. The molecule has 0 radical (unpaired) electrons. The van der Waals surface area contributed by atoms with E-state index in [1.807, 2.05) is 36.6 Å². The number of methoxy groups -OCH3 is 1. The lowest BCUT2D eigenvalue weighted by Gasteiger charge is -2.42. The number of nitrogens with zero attached hydrogens (tertiary/aromatic N) is 1. The molecule has 7 nitrogen and oxygen atoms in total. The second-order valence-corrected chi connectivity index (χ2v) is 12.4. The van der Waals surface area contributed by atoms with Gasteiger partial charge >= 0.3 is 5.97 Å². The summed E-state index contributed by atoms with van der Waals surface area (Å²) in [5, 5.41) is 0. The van der Waals surface area contributed by atoms with Gasteiger partial charge in [-0.25, -0.2) is 9.68 Å². The summed E-state index contributed by atoms with van der Waals surface area (Å²) < 4.78 is 28.8. The molecule has 0 saturated heterocycles. The van der Waals surface area contributed by atoms with E-state index in [-0.39, 0.29) is 16.9 Å². The molecule has 0 spiro atoms. The van der Waals surface area contributed by atoms with Crippen LogP contribution in [0.5, 0.6) is 11.5 Å². The van der Waals surface area contributed by atoms with Crippen LogP contribution < -0.4 is 14.5 Å². The van der Waals surface area contributed by atoms with Crippen LogP contribution in [0.4, 0.5) is 11.4 Å². The molecule has 2 aromatic rings. The molecule has 0 bridgehead atoms. The summed E-state index contributed by atoms with van der Waals surface area (Å²) in [5.41, 5.74) is 1.36. The van der Waals surface area contributed by atoms with E-state index in [4.69, 9.17) is 14.5 Å². The van der Waals surface area contributed by atoms with Crippen LogP contribution in [0, 0.1) is 5.41 Å². The molecular weight excluding hydrogens is 510 g/mol. The molecule has 9 heteroatoms. The molecule has 1 heterocycles. The minimum atomic E-state index is -3.21. The van der Waals surface area contributed by atoms with Gasteiger partial charge in [-0.1, -0.05) is 46.1 Å². The lowest BCUT2D eigenvalue weighted by Crippen LogP contribution is -2.37. The van der Waals surface area contributed by atoms with Crippen molar-refractivity contribution in [2.75, 3.05) is 30.6 Å². The largest absolute Gasteiger partial charge is 0.497 e. The van der Waals surface area contributed by atoms with Crippen LogP contribution >= 0.6 is 22.4 Å². The van der Waals surface area contributed by atoms with Crippen LogP contribution in [-0.4, -0.2) is 40.7 Å². The zero-order chi connectivity index (χ0) is 27.1. The third-order valence-corrected chi connectivity index (χ3v) is 9.58. The third-order valence-electron chi connectivity index (χ3n) is 6.77. The maximum Gasteiger partial charge on any atom is 0.378 e. The average Bonchev–Trinajstić information content (AvgIpc) is 3.00. The Morgan fingerprint density at radius 3 is 2.35 bits per heavy atom. The molecule has 0 aliphatic carbocycles. The molecule has 204 valence electrons. The van der Waals surface area contributed by atoms with Crippen molar-refractivity contribution in [1.29, 1.82) is 0 Å². The highest BCUT2D eigenvalue weighted by Gasteiger charge is 2.42. The number of benzene rings is 2. The van der Waals surface area contributed by atoms with Gasteiger partial charge in [0.05, 0.1) is 22.6 Å². The van der Waals surface area contributed by atoms with Crippen molar-refractivity contribution >= 4 is 39.7 Å². The van der Waals surface area contributed by atoms with Crippen LogP contribution in [0.2, 0.25) is 0 Å². The molecule has 0 fully saturated rings. The van der Waals surface area contributed by atoms with Gasteiger partial charge in [-0.3, -0.25) is 14.0 Å². The summed E-state index contributed by atoms with van der Waals surface area (Å²) in [6.07, 6.45) is 8.78. The summed E-state index contributed by atoms with van der Waals surface area (Å²) in [4.78, 5) is 25.1. The van der Waals surface area contributed by atoms with E-state index in [1.54, 1.807) is 13.2 Å². The van der Waals surface area contributed by atoms with E-state index >= 15 is 0 Å². The third kappa shape index (κ3) is 6.96. The molecule has 1 aliphatic rings. The van der Waals surface area contributed by atoms with Gasteiger partial charge in [0.2, 0.25) is 0 Å². The Morgan fingerprint density at radius 1 is 1.16 bits per heavy atom. The van der Waals surface area contributed by atoms with E-state index in [0.29, 0.717) is 22.0 Å². The minimum absolute atomic E-state index is 0.255. The zero-order valence-corrected chi connectivity index (χ0v) is 23.8. The first-order valence-electron chi connectivity index (χ1n) is 12.6. The number of anilines is 2. The monoisotopic (exact) mass is 549 g/mol. The first kappa shape index (κ1) is 29.2. The minimum Gasteiger partial charge on any atom is -0.497 e. The Morgan fingerprint density at radius 2 is 1.81 bits per heavy atom. The van der Waals surface area contributed by atoms with Crippen molar-refractivity contribution in [1.82, 2.24) is 0 Å². The first-order valence-corrected chi connectivity index (χ1v) is 15.6. The highest BCUT2D eigenvalue weighted by atomic mass is 32.3. The summed E-state index contributed by atoms with van der Waals surface area (Å²) in [7, 11) is -1.57. The van der Waals surface area contributed by atoms with Gasteiger partial charge in [0, 0.05) is 35.5 Å². The van der Waals surface area contributed by atoms with Gasteiger partial charge in [-0.2, -0.15) is 10.6 Å². The number of hydrogen-bond donors (Lipinski definition) is 2. The van der Waals surface area contributed by atoms with E-state index in [9.17, 15) is 13.9 Å². The van der Waals surface area contributed by atoms with Gasteiger partial charge in [-0.05, 0) is 49.4 Å². The van der Waals surface area contributed by atoms with Crippen molar-refractivity contribution in [2.24, 2.45) is 5.41 Å². The summed E-state index contributed by atoms with van der Waals surface area (Å²) >= 11 is 1.42. The average molecular weight is 550 g/mol. The van der Waals surface area contributed by atoms with Crippen molar-refractivity contribution in [3.05, 3.63) is 49.1 Å². The van der Waals surface area contributed by atoms with Crippen molar-refractivity contribution < 1.29 is 28.4 Å². The van der Waals surface area contributed by atoms with Crippen LogP contribution in [0.1, 0.15) is 52.4 Å². The van der Waals surface area contributed by atoms with Crippen LogP contribution in [0.15, 0.2) is 58.8 Å². The Labute approximate surface area is 226 Å². The first-order chi connectivity index (χ1) is 17.7. The Bertz CT molecular complexity index is 1070. The number of hydrogen-bond acceptors (Lipinski definition) is 8. The topological polar surface area (TPSA) is 88.5 Å². The second kappa shape index (κ2) is 13.0. The number of carbonyl (C=O) groups excluding carboxylic acids is 1. The van der Waals surface area contributed by atoms with E-state index in [1.165, 1.54) is 11.8 Å². The predicted molar refractivity (Wildman–Crippen MR) is 153 cm³/mol. The summed E-state index contributed by atoms with van der Waals surface area (Å²) in [5.74, 6) is 0.547. The second-order valence-electron chi connectivity index (χ2n) is 9.46. The van der Waals surface area contributed by atoms with Gasteiger partial charge in [0.25, 0.3) is 0 Å². The Hall–Kier alpha value is -2.33. The van der Waals surface area contributed by atoms with Crippen LogP contribution in [0.3, 0.4) is 0 Å². The number of carbonyl (C=O) groups is 1. The Kier molecular flexibility index (Phi) is 10.2. The zero-order valence-electron chi connectivity index (χ0n) is 22.2. The standard InChI is InChI=1S/C28H39NO6S2/c1-6-9-15-28(16-10-7-2)19-29(21-11-13-22(33-4)14-12-21)23-17-25(36-5)24(34-35-27(30)8-3)18-26(23)37(31,32)20-28/h8,11-14,17-18,31-32H,3,6-7,9-10,15-16,19-20H2,1-2,4-5H3. The molecule has 0 aromatic heterocycles. The molecule has 3 rings (SSSR count). The molecule has 37 heavy (non-hydrogen) atoms.